The SMILES string of the molecule is CCN(CC)c1ccc(N2CCN(C(=O)COc3cccc(OC)c3)CC2)nn1. The van der Waals surface area contributed by atoms with E-state index in [1.54, 1.807) is 13.2 Å². The zero-order valence-corrected chi connectivity index (χ0v) is 17.4. The summed E-state index contributed by atoms with van der Waals surface area (Å²) in [6.07, 6.45) is 0. The summed E-state index contributed by atoms with van der Waals surface area (Å²) in [7, 11) is 1.60. The lowest BCUT2D eigenvalue weighted by atomic mass is 10.3. The van der Waals surface area contributed by atoms with E-state index in [4.69, 9.17) is 9.47 Å². The molecule has 0 saturated carbocycles. The number of methoxy groups -OCH3 is 1. The van der Waals surface area contributed by atoms with Crippen LogP contribution in [0.2, 0.25) is 0 Å². The minimum Gasteiger partial charge on any atom is -0.497 e. The van der Waals surface area contributed by atoms with Crippen molar-refractivity contribution in [2.75, 3.05) is 62.8 Å². The smallest absolute Gasteiger partial charge is 0.260 e. The summed E-state index contributed by atoms with van der Waals surface area (Å²) in [4.78, 5) is 18.6. The summed E-state index contributed by atoms with van der Waals surface area (Å²) in [6.45, 7) is 8.77. The van der Waals surface area contributed by atoms with Crippen molar-refractivity contribution < 1.29 is 14.3 Å². The Hall–Kier alpha value is -3.03. The van der Waals surface area contributed by atoms with Gasteiger partial charge in [0.2, 0.25) is 0 Å². The van der Waals surface area contributed by atoms with Crippen LogP contribution in [-0.4, -0.2) is 74.0 Å². The van der Waals surface area contributed by atoms with Crippen molar-refractivity contribution in [1.82, 2.24) is 15.1 Å². The van der Waals surface area contributed by atoms with Gasteiger partial charge < -0.3 is 24.2 Å². The Balaban J connectivity index is 1.48. The molecule has 0 spiro atoms. The van der Waals surface area contributed by atoms with Crippen molar-refractivity contribution >= 4 is 17.5 Å². The van der Waals surface area contributed by atoms with Crippen LogP contribution in [0, 0.1) is 0 Å². The van der Waals surface area contributed by atoms with Gasteiger partial charge in [-0.2, -0.15) is 0 Å². The van der Waals surface area contributed by atoms with E-state index in [2.05, 4.69) is 33.8 Å². The number of benzene rings is 1. The summed E-state index contributed by atoms with van der Waals surface area (Å²) >= 11 is 0. The third-order valence-electron chi connectivity index (χ3n) is 5.08. The summed E-state index contributed by atoms with van der Waals surface area (Å²) in [5.74, 6) is 3.05. The number of aromatic nitrogens is 2. The number of hydrogen-bond donors (Lipinski definition) is 0. The molecule has 2 heterocycles. The molecule has 1 aliphatic heterocycles. The molecule has 8 heteroatoms. The maximum Gasteiger partial charge on any atom is 0.260 e. The van der Waals surface area contributed by atoms with Gasteiger partial charge in [0.1, 0.15) is 11.5 Å². The maximum absolute atomic E-state index is 12.5. The first-order chi connectivity index (χ1) is 14.1. The molecule has 1 aliphatic rings. The minimum atomic E-state index is -0.0181. The van der Waals surface area contributed by atoms with E-state index in [1.807, 2.05) is 35.2 Å². The standard InChI is InChI=1S/C21H29N5O3/c1-4-24(5-2)19-9-10-20(23-22-19)25-11-13-26(14-12-25)21(27)16-29-18-8-6-7-17(15-18)28-3/h6-10,15H,4-5,11-14,16H2,1-3H3. The zero-order chi connectivity index (χ0) is 20.6. The summed E-state index contributed by atoms with van der Waals surface area (Å²) < 4.78 is 10.8. The molecule has 0 atom stereocenters. The van der Waals surface area contributed by atoms with E-state index >= 15 is 0 Å². The Kier molecular flexibility index (Phi) is 7.10. The minimum absolute atomic E-state index is 0.0181. The highest BCUT2D eigenvalue weighted by atomic mass is 16.5. The first-order valence-corrected chi connectivity index (χ1v) is 10.0. The lowest BCUT2D eigenvalue weighted by Gasteiger charge is -2.35. The monoisotopic (exact) mass is 399 g/mol. The highest BCUT2D eigenvalue weighted by Crippen LogP contribution is 2.19. The summed E-state index contributed by atoms with van der Waals surface area (Å²) in [5.41, 5.74) is 0. The molecule has 1 aromatic carbocycles. The Morgan fingerprint density at radius 3 is 2.38 bits per heavy atom. The van der Waals surface area contributed by atoms with Gasteiger partial charge in [0.25, 0.3) is 5.91 Å². The van der Waals surface area contributed by atoms with Gasteiger partial charge in [-0.1, -0.05) is 6.07 Å². The third-order valence-corrected chi connectivity index (χ3v) is 5.08. The van der Waals surface area contributed by atoms with Crippen LogP contribution < -0.4 is 19.3 Å². The van der Waals surface area contributed by atoms with Gasteiger partial charge in [0.15, 0.2) is 18.2 Å². The topological polar surface area (TPSA) is 71.0 Å². The number of rotatable bonds is 8. The normalized spacial score (nSPS) is 13.9. The quantitative estimate of drug-likeness (QED) is 0.673. The second kappa shape index (κ2) is 9.95. The third kappa shape index (κ3) is 5.28. The van der Waals surface area contributed by atoms with Crippen LogP contribution in [0.15, 0.2) is 36.4 Å². The number of anilines is 2. The number of hydrogen-bond acceptors (Lipinski definition) is 7. The van der Waals surface area contributed by atoms with Crippen LogP contribution in [0.1, 0.15) is 13.8 Å². The number of ether oxygens (including phenoxy) is 2. The molecular weight excluding hydrogens is 370 g/mol. The van der Waals surface area contributed by atoms with Crippen molar-refractivity contribution in [2.45, 2.75) is 13.8 Å². The van der Waals surface area contributed by atoms with Crippen molar-refractivity contribution in [2.24, 2.45) is 0 Å². The zero-order valence-electron chi connectivity index (χ0n) is 17.4. The van der Waals surface area contributed by atoms with Gasteiger partial charge in [-0.3, -0.25) is 4.79 Å². The van der Waals surface area contributed by atoms with E-state index in [0.717, 1.165) is 37.8 Å². The molecule has 1 amide bonds. The first kappa shape index (κ1) is 20.7. The van der Waals surface area contributed by atoms with Crippen LogP contribution >= 0.6 is 0 Å². The van der Waals surface area contributed by atoms with Crippen LogP contribution in [-0.2, 0) is 4.79 Å². The molecule has 0 unspecified atom stereocenters. The van der Waals surface area contributed by atoms with E-state index in [-0.39, 0.29) is 12.5 Å². The average Bonchev–Trinajstić information content (AvgIpc) is 2.79. The first-order valence-electron chi connectivity index (χ1n) is 10.0. The van der Waals surface area contributed by atoms with E-state index in [1.165, 1.54) is 0 Å². The molecule has 1 aromatic heterocycles. The molecule has 8 nitrogen and oxygen atoms in total. The van der Waals surface area contributed by atoms with Crippen molar-refractivity contribution in [3.8, 4) is 11.5 Å². The highest BCUT2D eigenvalue weighted by Gasteiger charge is 2.22. The lowest BCUT2D eigenvalue weighted by Crippen LogP contribution is -2.50. The van der Waals surface area contributed by atoms with Crippen molar-refractivity contribution in [1.29, 1.82) is 0 Å². The lowest BCUT2D eigenvalue weighted by molar-refractivity contribution is -0.133. The number of piperazine rings is 1. The molecule has 3 rings (SSSR count). The van der Waals surface area contributed by atoms with Gasteiger partial charge >= 0.3 is 0 Å². The molecule has 1 saturated heterocycles. The maximum atomic E-state index is 12.5. The van der Waals surface area contributed by atoms with E-state index < -0.39 is 0 Å². The van der Waals surface area contributed by atoms with Gasteiger partial charge in [0.05, 0.1) is 7.11 Å². The van der Waals surface area contributed by atoms with E-state index in [0.29, 0.717) is 24.6 Å². The van der Waals surface area contributed by atoms with Gasteiger partial charge in [-0.15, -0.1) is 10.2 Å². The predicted octanol–water partition coefficient (Wildman–Crippen LogP) is 2.06. The number of amides is 1. The fourth-order valence-electron chi connectivity index (χ4n) is 3.32. The fourth-order valence-corrected chi connectivity index (χ4v) is 3.32. The summed E-state index contributed by atoms with van der Waals surface area (Å²) in [6, 6.07) is 11.3. The average molecular weight is 399 g/mol. The van der Waals surface area contributed by atoms with E-state index in [9.17, 15) is 4.79 Å². The van der Waals surface area contributed by atoms with Crippen LogP contribution in [0.25, 0.3) is 0 Å². The fraction of sp³-hybridized carbons (Fsp3) is 0.476. The Morgan fingerprint density at radius 2 is 1.76 bits per heavy atom. The molecule has 156 valence electrons. The molecule has 0 aliphatic carbocycles. The van der Waals surface area contributed by atoms with Crippen LogP contribution in [0.5, 0.6) is 11.5 Å². The van der Waals surface area contributed by atoms with Crippen LogP contribution in [0.4, 0.5) is 11.6 Å². The Labute approximate surface area is 172 Å². The number of carbonyl (C=O) groups is 1. The predicted molar refractivity (Wildman–Crippen MR) is 113 cm³/mol. The Bertz CT molecular complexity index is 787. The molecule has 0 N–H and O–H groups in total. The molecule has 2 aromatic rings. The van der Waals surface area contributed by atoms with Gasteiger partial charge in [0, 0.05) is 45.3 Å². The van der Waals surface area contributed by atoms with Crippen molar-refractivity contribution in [3.63, 3.8) is 0 Å². The van der Waals surface area contributed by atoms with Gasteiger partial charge in [-0.25, -0.2) is 0 Å². The summed E-state index contributed by atoms with van der Waals surface area (Å²) in [5, 5.41) is 8.73. The van der Waals surface area contributed by atoms with Gasteiger partial charge in [-0.05, 0) is 38.1 Å². The van der Waals surface area contributed by atoms with Crippen LogP contribution in [0.3, 0.4) is 0 Å². The highest BCUT2D eigenvalue weighted by molar-refractivity contribution is 5.78. The Morgan fingerprint density at radius 1 is 1.03 bits per heavy atom. The molecule has 1 fully saturated rings. The number of carbonyl (C=O) groups excluding carboxylic acids is 1. The molecule has 0 radical (unpaired) electrons. The number of nitrogens with zero attached hydrogens (tertiary/aromatic N) is 5. The second-order valence-electron chi connectivity index (χ2n) is 6.76. The molecule has 0 bridgehead atoms. The molecular formula is C21H29N5O3. The molecule has 29 heavy (non-hydrogen) atoms. The van der Waals surface area contributed by atoms with Crippen molar-refractivity contribution in [3.05, 3.63) is 36.4 Å². The largest absolute Gasteiger partial charge is 0.497 e. The second-order valence-corrected chi connectivity index (χ2v) is 6.76.